The summed E-state index contributed by atoms with van der Waals surface area (Å²) >= 11 is 3.96. The van der Waals surface area contributed by atoms with Gasteiger partial charge >= 0.3 is 0 Å². The van der Waals surface area contributed by atoms with E-state index < -0.39 is 0 Å². The Morgan fingerprint density at radius 3 is 2.88 bits per heavy atom. The first kappa shape index (κ1) is 13.8. The van der Waals surface area contributed by atoms with Gasteiger partial charge in [-0.15, -0.1) is 11.8 Å². The molecule has 0 unspecified atom stereocenters. The van der Waals surface area contributed by atoms with Crippen molar-refractivity contribution in [1.82, 2.24) is 9.88 Å². The molecule has 0 fully saturated rings. The predicted octanol–water partition coefficient (Wildman–Crippen LogP) is 3.33. The third-order valence-electron chi connectivity index (χ3n) is 2.19. The number of hydrogen-bond acceptors (Lipinski definition) is 3. The Morgan fingerprint density at radius 2 is 2.31 bits per heavy atom. The lowest BCUT2D eigenvalue weighted by atomic mass is 10.3. The summed E-state index contributed by atoms with van der Waals surface area (Å²) in [7, 11) is 2.01. The summed E-state index contributed by atoms with van der Waals surface area (Å²) in [4.78, 5) is 11.0. The molecule has 0 aliphatic rings. The molecule has 3 nitrogen and oxygen atoms in total. The fourth-order valence-electron chi connectivity index (χ4n) is 1.07. The van der Waals surface area contributed by atoms with E-state index in [1.807, 2.05) is 31.5 Å². The second-order valence-corrected chi connectivity index (χ2v) is 5.36. The van der Waals surface area contributed by atoms with Crippen molar-refractivity contribution in [1.29, 1.82) is 0 Å². The highest BCUT2D eigenvalue weighted by Crippen LogP contribution is 2.26. The molecule has 0 radical (unpaired) electrons. The third-order valence-corrected chi connectivity index (χ3v) is 4.08. The van der Waals surface area contributed by atoms with Gasteiger partial charge in [0.15, 0.2) is 0 Å². The fourth-order valence-corrected chi connectivity index (χ4v) is 2.62. The van der Waals surface area contributed by atoms with E-state index in [1.54, 1.807) is 11.8 Å². The van der Waals surface area contributed by atoms with Gasteiger partial charge in [0, 0.05) is 17.2 Å². The molecule has 0 aliphatic heterocycles. The molecule has 0 bridgehead atoms. The predicted molar refractivity (Wildman–Crippen MR) is 79.9 cm³/mol. The van der Waals surface area contributed by atoms with E-state index in [0.29, 0.717) is 0 Å². The van der Waals surface area contributed by atoms with Crippen LogP contribution in [0.1, 0.15) is 12.6 Å². The van der Waals surface area contributed by atoms with E-state index in [2.05, 4.69) is 45.6 Å². The summed E-state index contributed by atoms with van der Waals surface area (Å²) in [5, 5.41) is 1.07. The van der Waals surface area contributed by atoms with Crippen LogP contribution in [0.3, 0.4) is 0 Å². The molecule has 1 heterocycles. The van der Waals surface area contributed by atoms with E-state index in [9.17, 15) is 0 Å². The number of nitrogens with zero attached hydrogens (tertiary/aromatic N) is 3. The van der Waals surface area contributed by atoms with Crippen molar-refractivity contribution in [2.75, 3.05) is 19.8 Å². The highest BCUT2D eigenvalue weighted by atomic mass is 127. The fraction of sp³-hybridized carbons (Fsp3) is 0.455. The summed E-state index contributed by atoms with van der Waals surface area (Å²) in [6.45, 7) is 5.04. The maximum atomic E-state index is 4.52. The number of thioether (sulfide) groups is 1. The Hall–Kier alpha value is -0.300. The van der Waals surface area contributed by atoms with Crippen LogP contribution in [0.2, 0.25) is 0 Å². The maximum absolute atomic E-state index is 4.52. The number of aromatic nitrogens is 1. The van der Waals surface area contributed by atoms with Crippen molar-refractivity contribution in [2.24, 2.45) is 4.99 Å². The minimum Gasteiger partial charge on any atom is -0.366 e. The topological polar surface area (TPSA) is 28.5 Å². The van der Waals surface area contributed by atoms with Crippen LogP contribution in [0.4, 0.5) is 5.69 Å². The van der Waals surface area contributed by atoms with Crippen LogP contribution in [0.25, 0.3) is 0 Å². The van der Waals surface area contributed by atoms with Gasteiger partial charge in [-0.3, -0.25) is 0 Å². The van der Waals surface area contributed by atoms with Crippen molar-refractivity contribution in [3.8, 4) is 0 Å². The summed E-state index contributed by atoms with van der Waals surface area (Å²) in [5.41, 5.74) is 1.92. The number of aliphatic imine (C=N–C) groups is 1. The van der Waals surface area contributed by atoms with Crippen molar-refractivity contribution < 1.29 is 0 Å². The Morgan fingerprint density at radius 1 is 1.62 bits per heavy atom. The van der Waals surface area contributed by atoms with Crippen molar-refractivity contribution in [3.63, 3.8) is 0 Å². The standard InChI is InChI=1S/C11H16IN3S/c1-5-15(3)7-13-10-6-9(12)11(16-4)14-8(10)2/h6-7H,5H2,1-4H3. The average Bonchev–Trinajstić information content (AvgIpc) is 2.29. The molecule has 0 amide bonds. The van der Waals surface area contributed by atoms with Crippen LogP contribution in [-0.4, -0.2) is 36.1 Å². The summed E-state index contributed by atoms with van der Waals surface area (Å²) in [6, 6.07) is 2.08. The van der Waals surface area contributed by atoms with E-state index >= 15 is 0 Å². The molecule has 1 aromatic rings. The molecule has 5 heteroatoms. The van der Waals surface area contributed by atoms with Gasteiger partial charge in [0.25, 0.3) is 0 Å². The molecule has 0 aromatic carbocycles. The number of hydrogen-bond donors (Lipinski definition) is 0. The molecule has 1 rings (SSSR count). The van der Waals surface area contributed by atoms with E-state index in [4.69, 9.17) is 0 Å². The Bertz CT molecular complexity index is 393. The van der Waals surface area contributed by atoms with Gasteiger partial charge in [-0.2, -0.15) is 0 Å². The van der Waals surface area contributed by atoms with Gasteiger partial charge in [-0.1, -0.05) is 0 Å². The Kier molecular flexibility index (Phi) is 5.54. The van der Waals surface area contributed by atoms with Gasteiger partial charge in [-0.05, 0) is 48.8 Å². The largest absolute Gasteiger partial charge is 0.366 e. The molecule has 0 saturated carbocycles. The third kappa shape index (κ3) is 3.62. The molecule has 0 atom stereocenters. The maximum Gasteiger partial charge on any atom is 0.110 e. The van der Waals surface area contributed by atoms with Crippen molar-refractivity contribution in [3.05, 3.63) is 15.3 Å². The molecular weight excluding hydrogens is 333 g/mol. The lowest BCUT2D eigenvalue weighted by molar-refractivity contribution is 0.552. The van der Waals surface area contributed by atoms with Crippen LogP contribution in [0.15, 0.2) is 16.1 Å². The van der Waals surface area contributed by atoms with Gasteiger partial charge in [-0.25, -0.2) is 9.98 Å². The second kappa shape index (κ2) is 6.44. The van der Waals surface area contributed by atoms with Gasteiger partial charge in [0.05, 0.1) is 17.7 Å². The van der Waals surface area contributed by atoms with Crippen LogP contribution < -0.4 is 0 Å². The summed E-state index contributed by atoms with van der Waals surface area (Å²) in [5.74, 6) is 0. The first-order valence-electron chi connectivity index (χ1n) is 5.04. The van der Waals surface area contributed by atoms with E-state index in [-0.39, 0.29) is 0 Å². The zero-order valence-electron chi connectivity index (χ0n) is 9.99. The minimum atomic E-state index is 0.947. The molecule has 1 aromatic heterocycles. The molecule has 0 N–H and O–H groups in total. The summed E-state index contributed by atoms with van der Waals surface area (Å²) in [6.07, 6.45) is 3.89. The van der Waals surface area contributed by atoms with Gasteiger partial charge in [0.2, 0.25) is 0 Å². The second-order valence-electron chi connectivity index (χ2n) is 3.40. The Balaban J connectivity index is 2.98. The SMILES string of the molecule is CCN(C)C=Nc1cc(I)c(SC)nc1C. The number of rotatable bonds is 4. The molecule has 0 saturated heterocycles. The monoisotopic (exact) mass is 349 g/mol. The average molecular weight is 349 g/mol. The molecule has 0 spiro atoms. The first-order valence-corrected chi connectivity index (χ1v) is 7.34. The number of pyridine rings is 1. The highest BCUT2D eigenvalue weighted by Gasteiger charge is 2.05. The lowest BCUT2D eigenvalue weighted by Gasteiger charge is -2.09. The highest BCUT2D eigenvalue weighted by molar-refractivity contribution is 14.1. The van der Waals surface area contributed by atoms with Crippen LogP contribution in [0.5, 0.6) is 0 Å². The van der Waals surface area contributed by atoms with Crippen molar-refractivity contribution >= 4 is 46.4 Å². The lowest BCUT2D eigenvalue weighted by Crippen LogP contribution is -2.14. The zero-order valence-corrected chi connectivity index (χ0v) is 13.0. The molecular formula is C11H16IN3S. The van der Waals surface area contributed by atoms with Crippen LogP contribution >= 0.6 is 34.4 Å². The quantitative estimate of drug-likeness (QED) is 0.361. The molecule has 88 valence electrons. The smallest absolute Gasteiger partial charge is 0.110 e. The minimum absolute atomic E-state index is 0.947. The van der Waals surface area contributed by atoms with E-state index in [1.165, 1.54) is 0 Å². The Labute approximate surface area is 115 Å². The number of halogens is 1. The van der Waals surface area contributed by atoms with Crippen molar-refractivity contribution in [2.45, 2.75) is 18.9 Å². The molecule has 0 aliphatic carbocycles. The number of aryl methyl sites for hydroxylation is 1. The summed E-state index contributed by atoms with van der Waals surface area (Å²) < 4.78 is 1.15. The van der Waals surface area contributed by atoms with E-state index in [0.717, 1.165) is 26.5 Å². The van der Waals surface area contributed by atoms with Gasteiger partial charge in [0.1, 0.15) is 5.03 Å². The van der Waals surface area contributed by atoms with Gasteiger partial charge < -0.3 is 4.90 Å². The van der Waals surface area contributed by atoms with Crippen LogP contribution in [-0.2, 0) is 0 Å². The normalized spacial score (nSPS) is 11.1. The molecule has 16 heavy (non-hydrogen) atoms. The zero-order chi connectivity index (χ0) is 12.1. The first-order chi connectivity index (χ1) is 7.58. The van der Waals surface area contributed by atoms with Crippen LogP contribution in [0, 0.1) is 10.5 Å².